The van der Waals surface area contributed by atoms with Crippen LogP contribution in [0.1, 0.15) is 18.1 Å². The molecule has 1 atom stereocenters. The summed E-state index contributed by atoms with van der Waals surface area (Å²) in [6, 6.07) is 13.8. The summed E-state index contributed by atoms with van der Waals surface area (Å²) in [5.41, 5.74) is 1.80. The van der Waals surface area contributed by atoms with Gasteiger partial charge in [-0.15, -0.1) is 0 Å². The Bertz CT molecular complexity index is 876. The first-order valence-electron chi connectivity index (χ1n) is 8.98. The molecular weight excluding hydrogens is 400 g/mol. The van der Waals surface area contributed by atoms with Gasteiger partial charge in [-0.05, 0) is 42.3 Å². The fourth-order valence-corrected chi connectivity index (χ4v) is 2.92. The summed E-state index contributed by atoms with van der Waals surface area (Å²) >= 11 is 0. The molecule has 0 aliphatic carbocycles. The van der Waals surface area contributed by atoms with E-state index < -0.39 is 22.5 Å². The Balaban J connectivity index is 1.82. The van der Waals surface area contributed by atoms with Crippen LogP contribution in [0.2, 0.25) is 0 Å². The third-order valence-corrected chi connectivity index (χ3v) is 4.78. The second kappa shape index (κ2) is 10.8. The van der Waals surface area contributed by atoms with E-state index in [2.05, 4.69) is 4.18 Å². The molecule has 0 bridgehead atoms. The Morgan fingerprint density at radius 1 is 1.00 bits per heavy atom. The minimum Gasteiger partial charge on any atom is -0.493 e. The highest BCUT2D eigenvalue weighted by Crippen LogP contribution is 2.17. The first kappa shape index (κ1) is 22.7. The highest BCUT2D eigenvalue weighted by Gasteiger charge is 2.17. The van der Waals surface area contributed by atoms with Crippen LogP contribution >= 0.6 is 0 Å². The fourth-order valence-electron chi connectivity index (χ4n) is 2.50. The van der Waals surface area contributed by atoms with Gasteiger partial charge in [0.25, 0.3) is 0 Å². The van der Waals surface area contributed by atoms with E-state index in [0.29, 0.717) is 25.4 Å². The van der Waals surface area contributed by atoms with Crippen molar-refractivity contribution in [3.8, 4) is 11.5 Å². The maximum atomic E-state index is 11.2. The summed E-state index contributed by atoms with van der Waals surface area (Å²) < 4.78 is 42.3. The summed E-state index contributed by atoms with van der Waals surface area (Å²) in [6.07, 6.45) is 0.0406. The minimum absolute atomic E-state index is 0.166. The summed E-state index contributed by atoms with van der Waals surface area (Å²) in [4.78, 5) is 11.1. The van der Waals surface area contributed by atoms with Crippen LogP contribution in [0, 0.1) is 0 Å². The average molecular weight is 424 g/mol. The number of benzene rings is 2. The van der Waals surface area contributed by atoms with Gasteiger partial charge >= 0.3 is 16.4 Å². The molecule has 0 saturated heterocycles. The molecule has 158 valence electrons. The molecule has 0 radical (unpaired) electrons. The lowest BCUT2D eigenvalue weighted by atomic mass is 10.1. The topological polar surface area (TPSA) is 108 Å². The van der Waals surface area contributed by atoms with Gasteiger partial charge in [-0.25, -0.2) is 8.98 Å². The number of carboxylic acids is 1. The van der Waals surface area contributed by atoms with Crippen molar-refractivity contribution >= 4 is 16.4 Å². The Morgan fingerprint density at radius 3 is 2.14 bits per heavy atom. The summed E-state index contributed by atoms with van der Waals surface area (Å²) in [5.74, 6) is -0.148. The molecule has 0 amide bonds. The van der Waals surface area contributed by atoms with Gasteiger partial charge in [-0.1, -0.05) is 24.3 Å². The summed E-state index contributed by atoms with van der Waals surface area (Å²) in [5, 5.41) is 9.14. The van der Waals surface area contributed by atoms with Gasteiger partial charge in [0.05, 0.1) is 13.7 Å². The van der Waals surface area contributed by atoms with Crippen LogP contribution in [0.3, 0.4) is 0 Å². The van der Waals surface area contributed by atoms with E-state index in [4.69, 9.17) is 18.8 Å². The number of hydrogen-bond donors (Lipinski definition) is 1. The van der Waals surface area contributed by atoms with E-state index in [0.717, 1.165) is 18.2 Å². The fraction of sp³-hybridized carbons (Fsp3) is 0.350. The van der Waals surface area contributed by atoms with Gasteiger partial charge in [0.2, 0.25) is 0 Å². The molecule has 2 aromatic carbocycles. The lowest BCUT2D eigenvalue weighted by molar-refractivity contribution is -0.149. The molecular formula is C20H24O8S. The molecule has 2 rings (SSSR count). The van der Waals surface area contributed by atoms with E-state index in [-0.39, 0.29) is 12.2 Å². The monoisotopic (exact) mass is 424 g/mol. The lowest BCUT2D eigenvalue weighted by Crippen LogP contribution is -2.26. The number of rotatable bonds is 12. The minimum atomic E-state index is -4.02. The highest BCUT2D eigenvalue weighted by molar-refractivity contribution is 7.82. The Kier molecular flexibility index (Phi) is 8.44. The van der Waals surface area contributed by atoms with Crippen molar-refractivity contribution in [1.29, 1.82) is 0 Å². The number of carbonyl (C=O) groups is 1. The predicted octanol–water partition coefficient (Wildman–Crippen LogP) is 2.61. The lowest BCUT2D eigenvalue weighted by Gasteiger charge is -2.13. The van der Waals surface area contributed by atoms with Crippen molar-refractivity contribution in [3.05, 3.63) is 59.7 Å². The molecule has 0 aliphatic rings. The summed E-state index contributed by atoms with van der Waals surface area (Å²) in [6.45, 7) is 2.52. The van der Waals surface area contributed by atoms with Crippen LogP contribution in [-0.2, 0) is 37.0 Å². The van der Waals surface area contributed by atoms with Crippen molar-refractivity contribution < 1.29 is 36.2 Å². The third kappa shape index (κ3) is 7.72. The van der Waals surface area contributed by atoms with E-state index in [1.165, 1.54) is 12.1 Å². The molecule has 0 saturated carbocycles. The number of carboxylic acid groups (broad SMARTS) is 1. The quantitative estimate of drug-likeness (QED) is 0.554. The molecule has 9 heteroatoms. The van der Waals surface area contributed by atoms with Crippen LogP contribution in [0.4, 0.5) is 0 Å². The van der Waals surface area contributed by atoms with Gasteiger partial charge in [0.15, 0.2) is 6.10 Å². The molecule has 0 unspecified atom stereocenters. The van der Waals surface area contributed by atoms with Crippen LogP contribution in [0.25, 0.3) is 0 Å². The maximum Gasteiger partial charge on any atom is 0.448 e. The third-order valence-electron chi connectivity index (χ3n) is 3.97. The van der Waals surface area contributed by atoms with Crippen LogP contribution in [0.15, 0.2) is 48.5 Å². The Labute approximate surface area is 170 Å². The second-order valence-electron chi connectivity index (χ2n) is 6.03. The van der Waals surface area contributed by atoms with E-state index in [1.807, 2.05) is 12.1 Å². The molecule has 1 N–H and O–H groups in total. The Hall–Kier alpha value is -2.62. The van der Waals surface area contributed by atoms with Crippen molar-refractivity contribution in [2.24, 2.45) is 0 Å². The number of aliphatic carboxylic acids is 1. The first-order chi connectivity index (χ1) is 13.8. The smallest absolute Gasteiger partial charge is 0.448 e. The van der Waals surface area contributed by atoms with Crippen molar-refractivity contribution in [2.75, 3.05) is 20.3 Å². The molecule has 0 aromatic heterocycles. The van der Waals surface area contributed by atoms with Crippen LogP contribution in [-0.4, -0.2) is 45.9 Å². The van der Waals surface area contributed by atoms with Gasteiger partial charge in [-0.3, -0.25) is 0 Å². The van der Waals surface area contributed by atoms with Crippen molar-refractivity contribution in [1.82, 2.24) is 0 Å². The van der Waals surface area contributed by atoms with E-state index in [9.17, 15) is 13.2 Å². The predicted molar refractivity (Wildman–Crippen MR) is 105 cm³/mol. The van der Waals surface area contributed by atoms with Gasteiger partial charge in [-0.2, -0.15) is 8.42 Å². The molecule has 29 heavy (non-hydrogen) atoms. The average Bonchev–Trinajstić information content (AvgIpc) is 2.70. The van der Waals surface area contributed by atoms with Crippen LogP contribution < -0.4 is 8.92 Å². The molecule has 0 spiro atoms. The second-order valence-corrected chi connectivity index (χ2v) is 7.35. The van der Waals surface area contributed by atoms with Crippen LogP contribution in [0.5, 0.6) is 11.5 Å². The highest BCUT2D eigenvalue weighted by atomic mass is 32.3. The number of hydrogen-bond acceptors (Lipinski definition) is 7. The van der Waals surface area contributed by atoms with Crippen molar-refractivity contribution in [3.63, 3.8) is 0 Å². The molecule has 0 fully saturated rings. The standard InChI is InChI=1S/C20H24O8S/c1-3-26-19(20(21)22)14-16-6-8-17(9-7-16)27-13-12-15-4-10-18(11-5-15)28-29(23,24)25-2/h4-11,19H,3,12-14H2,1-2H3,(H,21,22)/t19-/m0/s1. The van der Waals surface area contributed by atoms with Gasteiger partial charge in [0, 0.05) is 19.4 Å². The molecule has 2 aromatic rings. The molecule has 0 heterocycles. The zero-order valence-electron chi connectivity index (χ0n) is 16.2. The zero-order chi connectivity index (χ0) is 21.3. The van der Waals surface area contributed by atoms with E-state index in [1.54, 1.807) is 31.2 Å². The number of ether oxygens (including phenoxy) is 2. The first-order valence-corrected chi connectivity index (χ1v) is 10.3. The normalized spacial score (nSPS) is 12.3. The molecule has 0 aliphatic heterocycles. The Morgan fingerprint density at radius 2 is 1.59 bits per heavy atom. The SMILES string of the molecule is CCO[C@@H](Cc1ccc(OCCc2ccc(OS(=O)(=O)OC)cc2)cc1)C(=O)O. The maximum absolute atomic E-state index is 11.2. The van der Waals surface area contributed by atoms with Crippen molar-refractivity contribution in [2.45, 2.75) is 25.9 Å². The van der Waals surface area contributed by atoms with Gasteiger partial charge < -0.3 is 18.8 Å². The van der Waals surface area contributed by atoms with E-state index >= 15 is 0 Å². The summed E-state index contributed by atoms with van der Waals surface area (Å²) in [7, 11) is -3.00. The zero-order valence-corrected chi connectivity index (χ0v) is 17.1. The largest absolute Gasteiger partial charge is 0.493 e. The van der Waals surface area contributed by atoms with Gasteiger partial charge in [0.1, 0.15) is 11.5 Å². The molecule has 8 nitrogen and oxygen atoms in total.